The summed E-state index contributed by atoms with van der Waals surface area (Å²) in [5.41, 5.74) is 2.62. The second-order valence-electron chi connectivity index (χ2n) is 4.02. The van der Waals surface area contributed by atoms with Gasteiger partial charge in [-0.1, -0.05) is 19.1 Å². The van der Waals surface area contributed by atoms with Crippen LogP contribution in [0.25, 0.3) is 0 Å². The van der Waals surface area contributed by atoms with Crippen LogP contribution in [0.5, 0.6) is 0 Å². The van der Waals surface area contributed by atoms with Crippen molar-refractivity contribution in [3.63, 3.8) is 0 Å². The molecule has 1 N–H and O–H groups in total. The number of benzene rings is 1. The Bertz CT molecular complexity index is 382. The minimum Gasteiger partial charge on any atom is -0.462 e. The van der Waals surface area contributed by atoms with Gasteiger partial charge in [0.2, 0.25) is 0 Å². The SMILES string of the molecule is C=C(C)CNc1ccc(C(=O)OCCC)cc1. The van der Waals surface area contributed by atoms with E-state index in [2.05, 4.69) is 11.9 Å². The van der Waals surface area contributed by atoms with Crippen LogP contribution in [0.3, 0.4) is 0 Å². The number of anilines is 1. The summed E-state index contributed by atoms with van der Waals surface area (Å²) in [6, 6.07) is 7.26. The average Bonchev–Trinajstić information content (AvgIpc) is 2.34. The number of hydrogen-bond acceptors (Lipinski definition) is 3. The molecule has 0 saturated carbocycles. The molecule has 1 aromatic rings. The van der Waals surface area contributed by atoms with Gasteiger partial charge < -0.3 is 10.1 Å². The normalized spacial score (nSPS) is 9.76. The lowest BCUT2D eigenvalue weighted by atomic mass is 10.2. The highest BCUT2D eigenvalue weighted by atomic mass is 16.5. The van der Waals surface area contributed by atoms with E-state index < -0.39 is 0 Å². The third-order valence-corrected chi connectivity index (χ3v) is 2.15. The monoisotopic (exact) mass is 233 g/mol. The molecule has 3 nitrogen and oxygen atoms in total. The maximum atomic E-state index is 11.5. The second-order valence-corrected chi connectivity index (χ2v) is 4.02. The molecule has 1 aromatic carbocycles. The van der Waals surface area contributed by atoms with E-state index >= 15 is 0 Å². The van der Waals surface area contributed by atoms with E-state index in [1.54, 1.807) is 12.1 Å². The summed E-state index contributed by atoms with van der Waals surface area (Å²) in [6.07, 6.45) is 0.837. The molecule has 0 fully saturated rings. The summed E-state index contributed by atoms with van der Waals surface area (Å²) in [4.78, 5) is 11.5. The van der Waals surface area contributed by atoms with E-state index in [4.69, 9.17) is 4.74 Å². The van der Waals surface area contributed by atoms with Crippen molar-refractivity contribution in [2.45, 2.75) is 20.3 Å². The van der Waals surface area contributed by atoms with Gasteiger partial charge in [0.25, 0.3) is 0 Å². The lowest BCUT2D eigenvalue weighted by molar-refractivity contribution is 0.0505. The average molecular weight is 233 g/mol. The lowest BCUT2D eigenvalue weighted by Gasteiger charge is -2.07. The molecule has 0 aliphatic carbocycles. The third kappa shape index (κ3) is 4.72. The molecule has 0 bridgehead atoms. The van der Waals surface area contributed by atoms with Crippen molar-refractivity contribution in [3.05, 3.63) is 42.0 Å². The van der Waals surface area contributed by atoms with Crippen LogP contribution in [-0.2, 0) is 4.74 Å². The first-order chi connectivity index (χ1) is 8.13. The Labute approximate surface area is 102 Å². The zero-order chi connectivity index (χ0) is 12.7. The molecular weight excluding hydrogens is 214 g/mol. The van der Waals surface area contributed by atoms with Crippen molar-refractivity contribution < 1.29 is 9.53 Å². The Morgan fingerprint density at radius 2 is 2.00 bits per heavy atom. The van der Waals surface area contributed by atoms with Crippen molar-refractivity contribution in [2.75, 3.05) is 18.5 Å². The fraction of sp³-hybridized carbons (Fsp3) is 0.357. The summed E-state index contributed by atoms with van der Waals surface area (Å²) in [7, 11) is 0. The van der Waals surface area contributed by atoms with Crippen LogP contribution in [0, 0.1) is 0 Å². The smallest absolute Gasteiger partial charge is 0.338 e. The number of esters is 1. The third-order valence-electron chi connectivity index (χ3n) is 2.15. The van der Waals surface area contributed by atoms with Crippen molar-refractivity contribution in [1.29, 1.82) is 0 Å². The summed E-state index contributed by atoms with van der Waals surface area (Å²) in [5, 5.41) is 3.20. The predicted octanol–water partition coefficient (Wildman–Crippen LogP) is 3.24. The van der Waals surface area contributed by atoms with Crippen LogP contribution in [0.2, 0.25) is 0 Å². The maximum Gasteiger partial charge on any atom is 0.338 e. The van der Waals surface area contributed by atoms with Crippen molar-refractivity contribution >= 4 is 11.7 Å². The van der Waals surface area contributed by atoms with Gasteiger partial charge in [-0.2, -0.15) is 0 Å². The van der Waals surface area contributed by atoms with Gasteiger partial charge in [-0.15, -0.1) is 0 Å². The molecule has 0 amide bonds. The highest BCUT2D eigenvalue weighted by Gasteiger charge is 2.05. The zero-order valence-electron chi connectivity index (χ0n) is 10.5. The predicted molar refractivity (Wildman–Crippen MR) is 70.3 cm³/mol. The molecule has 0 unspecified atom stereocenters. The molecule has 0 heterocycles. The van der Waals surface area contributed by atoms with Gasteiger partial charge in [0.15, 0.2) is 0 Å². The molecule has 0 aliphatic rings. The lowest BCUT2D eigenvalue weighted by Crippen LogP contribution is -2.06. The summed E-state index contributed by atoms with van der Waals surface area (Å²) >= 11 is 0. The molecular formula is C14H19NO2. The zero-order valence-corrected chi connectivity index (χ0v) is 10.5. The quantitative estimate of drug-likeness (QED) is 0.605. The van der Waals surface area contributed by atoms with E-state index in [-0.39, 0.29) is 5.97 Å². The standard InChI is InChI=1S/C14H19NO2/c1-4-9-17-14(16)12-5-7-13(8-6-12)15-10-11(2)3/h5-8,15H,2,4,9-10H2,1,3H3. The number of carbonyl (C=O) groups excluding carboxylic acids is 1. The van der Waals surface area contributed by atoms with Crippen LogP contribution in [-0.4, -0.2) is 19.1 Å². The fourth-order valence-corrected chi connectivity index (χ4v) is 1.26. The molecule has 92 valence electrons. The number of hydrogen-bond donors (Lipinski definition) is 1. The summed E-state index contributed by atoms with van der Waals surface area (Å²) in [5.74, 6) is -0.265. The first-order valence-electron chi connectivity index (χ1n) is 5.79. The largest absolute Gasteiger partial charge is 0.462 e. The van der Waals surface area contributed by atoms with Crippen molar-refractivity contribution in [1.82, 2.24) is 0 Å². The number of nitrogens with one attached hydrogen (secondary N) is 1. The van der Waals surface area contributed by atoms with Gasteiger partial charge in [-0.05, 0) is 37.6 Å². The topological polar surface area (TPSA) is 38.3 Å². The van der Waals surface area contributed by atoms with E-state index in [0.29, 0.717) is 12.2 Å². The first-order valence-corrected chi connectivity index (χ1v) is 5.79. The molecule has 0 spiro atoms. The molecule has 0 atom stereocenters. The summed E-state index contributed by atoms with van der Waals surface area (Å²) < 4.78 is 5.04. The first kappa shape index (κ1) is 13.3. The maximum absolute atomic E-state index is 11.5. The Kier molecular flexibility index (Phi) is 5.27. The molecule has 17 heavy (non-hydrogen) atoms. The van der Waals surface area contributed by atoms with Crippen LogP contribution < -0.4 is 5.32 Å². The van der Waals surface area contributed by atoms with Crippen LogP contribution >= 0.6 is 0 Å². The number of rotatable bonds is 6. The fourth-order valence-electron chi connectivity index (χ4n) is 1.26. The molecule has 3 heteroatoms. The van der Waals surface area contributed by atoms with Crippen molar-refractivity contribution in [3.8, 4) is 0 Å². The van der Waals surface area contributed by atoms with Crippen LogP contribution in [0.4, 0.5) is 5.69 Å². The van der Waals surface area contributed by atoms with Gasteiger partial charge in [0, 0.05) is 12.2 Å². The van der Waals surface area contributed by atoms with Gasteiger partial charge >= 0.3 is 5.97 Å². The molecule has 1 rings (SSSR count). The Morgan fingerprint density at radius 3 is 2.53 bits per heavy atom. The van der Waals surface area contributed by atoms with Crippen LogP contribution in [0.15, 0.2) is 36.4 Å². The van der Waals surface area contributed by atoms with E-state index in [1.807, 2.05) is 26.0 Å². The van der Waals surface area contributed by atoms with Gasteiger partial charge in [0.1, 0.15) is 0 Å². The molecule has 0 saturated heterocycles. The summed E-state index contributed by atoms with van der Waals surface area (Å²) in [6.45, 7) is 8.95. The van der Waals surface area contributed by atoms with E-state index in [0.717, 1.165) is 24.2 Å². The van der Waals surface area contributed by atoms with E-state index in [1.165, 1.54) is 0 Å². The van der Waals surface area contributed by atoms with Crippen LogP contribution in [0.1, 0.15) is 30.6 Å². The Morgan fingerprint density at radius 1 is 1.35 bits per heavy atom. The number of carbonyl (C=O) groups is 1. The minimum atomic E-state index is -0.265. The highest BCUT2D eigenvalue weighted by Crippen LogP contribution is 2.11. The van der Waals surface area contributed by atoms with Crippen molar-refractivity contribution in [2.24, 2.45) is 0 Å². The second kappa shape index (κ2) is 6.74. The molecule has 0 aliphatic heterocycles. The number of ether oxygens (including phenoxy) is 1. The van der Waals surface area contributed by atoms with Gasteiger partial charge in [-0.25, -0.2) is 4.79 Å². The molecule has 0 aromatic heterocycles. The van der Waals surface area contributed by atoms with Gasteiger partial charge in [-0.3, -0.25) is 0 Å². The van der Waals surface area contributed by atoms with E-state index in [9.17, 15) is 4.79 Å². The Balaban J connectivity index is 2.55. The minimum absolute atomic E-state index is 0.265. The highest BCUT2D eigenvalue weighted by molar-refractivity contribution is 5.89. The Hall–Kier alpha value is -1.77. The molecule has 0 radical (unpaired) electrons. The van der Waals surface area contributed by atoms with Gasteiger partial charge in [0.05, 0.1) is 12.2 Å².